The van der Waals surface area contributed by atoms with E-state index in [1.165, 1.54) is 18.4 Å². The number of fused-ring (bicyclic) bond motifs is 1. The summed E-state index contributed by atoms with van der Waals surface area (Å²) in [6.07, 6.45) is 1.28. The van der Waals surface area contributed by atoms with Crippen molar-refractivity contribution in [3.8, 4) is 17.2 Å². The van der Waals surface area contributed by atoms with Crippen LogP contribution in [0.1, 0.15) is 5.56 Å². The lowest BCUT2D eigenvalue weighted by Gasteiger charge is -2.09. The molecule has 3 aromatic carbocycles. The van der Waals surface area contributed by atoms with Crippen molar-refractivity contribution >= 4 is 26.9 Å². The molecule has 0 radical (unpaired) electrons. The van der Waals surface area contributed by atoms with Crippen LogP contribution in [0.2, 0.25) is 0 Å². The minimum absolute atomic E-state index is 0.0906. The highest BCUT2D eigenvalue weighted by molar-refractivity contribution is 9.10. The summed E-state index contributed by atoms with van der Waals surface area (Å²) in [4.78, 5) is 12.7. The first-order valence-corrected chi connectivity index (χ1v) is 9.24. The minimum Gasteiger partial charge on any atom is -0.489 e. The van der Waals surface area contributed by atoms with E-state index < -0.39 is 0 Å². The smallest absolute Gasteiger partial charge is 0.235 e. The molecule has 6 heteroatoms. The Morgan fingerprint density at radius 3 is 2.64 bits per heavy atom. The molecule has 0 aliphatic rings. The van der Waals surface area contributed by atoms with Gasteiger partial charge in [0.15, 0.2) is 0 Å². The van der Waals surface area contributed by atoms with Crippen LogP contribution in [0.15, 0.2) is 86.7 Å². The Bertz CT molecular complexity index is 1200. The molecule has 0 saturated heterocycles. The van der Waals surface area contributed by atoms with Gasteiger partial charge in [0.2, 0.25) is 11.2 Å². The van der Waals surface area contributed by atoms with Gasteiger partial charge in [0.25, 0.3) is 0 Å². The van der Waals surface area contributed by atoms with Crippen LogP contribution < -0.4 is 14.9 Å². The molecule has 4 aromatic rings. The van der Waals surface area contributed by atoms with E-state index >= 15 is 0 Å². The molecule has 0 amide bonds. The summed E-state index contributed by atoms with van der Waals surface area (Å²) in [5.41, 5.74) is 0.800. The summed E-state index contributed by atoms with van der Waals surface area (Å²) < 4.78 is 30.9. The van der Waals surface area contributed by atoms with Crippen molar-refractivity contribution in [1.82, 2.24) is 0 Å². The number of hydrogen-bond donors (Lipinski definition) is 0. The fourth-order valence-electron chi connectivity index (χ4n) is 2.69. The average Bonchev–Trinajstić information content (AvgIpc) is 2.70. The first kappa shape index (κ1) is 18.3. The molecule has 0 spiro atoms. The largest absolute Gasteiger partial charge is 0.489 e. The van der Waals surface area contributed by atoms with Gasteiger partial charge in [0, 0.05) is 6.07 Å². The van der Waals surface area contributed by atoms with Crippen LogP contribution in [-0.2, 0) is 6.61 Å². The topological polar surface area (TPSA) is 48.7 Å². The molecule has 1 aromatic heterocycles. The number of rotatable bonds is 5. The highest BCUT2D eigenvalue weighted by Crippen LogP contribution is 2.29. The van der Waals surface area contributed by atoms with Crippen LogP contribution in [0.5, 0.6) is 17.2 Å². The zero-order valence-electron chi connectivity index (χ0n) is 14.5. The van der Waals surface area contributed by atoms with E-state index in [0.29, 0.717) is 28.0 Å². The quantitative estimate of drug-likeness (QED) is 0.378. The Hall–Kier alpha value is -3.12. The zero-order chi connectivity index (χ0) is 19.5. The Morgan fingerprint density at radius 2 is 1.82 bits per heavy atom. The van der Waals surface area contributed by atoms with Gasteiger partial charge in [-0.05, 0) is 57.9 Å². The van der Waals surface area contributed by atoms with Crippen molar-refractivity contribution in [1.29, 1.82) is 0 Å². The Balaban J connectivity index is 1.57. The van der Waals surface area contributed by atoms with Crippen molar-refractivity contribution < 1.29 is 18.3 Å². The monoisotopic (exact) mass is 440 g/mol. The van der Waals surface area contributed by atoms with Crippen molar-refractivity contribution in [2.24, 2.45) is 0 Å². The summed E-state index contributed by atoms with van der Waals surface area (Å²) >= 11 is 3.38. The predicted molar refractivity (Wildman–Crippen MR) is 107 cm³/mol. The first-order chi connectivity index (χ1) is 13.6. The van der Waals surface area contributed by atoms with Crippen molar-refractivity contribution in [2.45, 2.75) is 6.61 Å². The lowest BCUT2D eigenvalue weighted by Crippen LogP contribution is -2.05. The zero-order valence-corrected chi connectivity index (χ0v) is 16.1. The lowest BCUT2D eigenvalue weighted by molar-refractivity contribution is 0.305. The summed E-state index contributed by atoms with van der Waals surface area (Å²) in [7, 11) is 0. The number of benzene rings is 3. The normalized spacial score (nSPS) is 10.8. The van der Waals surface area contributed by atoms with Crippen LogP contribution >= 0.6 is 15.9 Å². The van der Waals surface area contributed by atoms with Crippen LogP contribution in [0.3, 0.4) is 0 Å². The minimum atomic E-state index is -0.316. The van der Waals surface area contributed by atoms with Gasteiger partial charge in [-0.2, -0.15) is 0 Å². The molecular weight excluding hydrogens is 427 g/mol. The number of halogens is 2. The van der Waals surface area contributed by atoms with Crippen molar-refractivity contribution in [2.75, 3.05) is 0 Å². The molecular formula is C22H14BrFO4. The lowest BCUT2D eigenvalue weighted by atomic mass is 10.2. The van der Waals surface area contributed by atoms with E-state index in [2.05, 4.69) is 15.9 Å². The van der Waals surface area contributed by atoms with Crippen LogP contribution in [0.25, 0.3) is 11.0 Å². The van der Waals surface area contributed by atoms with Gasteiger partial charge in [-0.25, -0.2) is 4.39 Å². The Morgan fingerprint density at radius 1 is 0.964 bits per heavy atom. The number of ether oxygens (including phenoxy) is 2. The van der Waals surface area contributed by atoms with Crippen molar-refractivity contribution in [3.63, 3.8) is 0 Å². The van der Waals surface area contributed by atoms with Crippen LogP contribution in [0, 0.1) is 5.82 Å². The third kappa shape index (κ3) is 3.92. The van der Waals surface area contributed by atoms with E-state index in [1.807, 2.05) is 18.2 Å². The summed E-state index contributed by atoms with van der Waals surface area (Å²) in [6, 6.07) is 18.3. The molecule has 0 aliphatic heterocycles. The van der Waals surface area contributed by atoms with Gasteiger partial charge >= 0.3 is 0 Å². The SMILES string of the molecule is O=c1c(Oc2ccccc2Br)coc2cc(OCc3cccc(F)c3)ccc12. The van der Waals surface area contributed by atoms with Gasteiger partial charge in [-0.3, -0.25) is 4.79 Å². The molecule has 0 fully saturated rings. The van der Waals surface area contributed by atoms with Gasteiger partial charge in [-0.1, -0.05) is 24.3 Å². The van der Waals surface area contributed by atoms with E-state index in [1.54, 1.807) is 36.4 Å². The van der Waals surface area contributed by atoms with E-state index in [0.717, 1.165) is 4.47 Å². The summed E-state index contributed by atoms with van der Waals surface area (Å²) in [5, 5.41) is 0.377. The number of hydrogen-bond acceptors (Lipinski definition) is 4. The van der Waals surface area contributed by atoms with E-state index in [9.17, 15) is 9.18 Å². The maximum absolute atomic E-state index is 13.2. The van der Waals surface area contributed by atoms with Crippen LogP contribution in [0.4, 0.5) is 4.39 Å². The standard InChI is InChI=1S/C22H14BrFO4/c23-18-6-1-2-7-19(18)28-21-13-27-20-11-16(8-9-17(20)22(21)25)26-12-14-4-3-5-15(24)10-14/h1-11,13H,12H2. The maximum atomic E-state index is 13.2. The Kier molecular flexibility index (Phi) is 5.12. The third-order valence-corrected chi connectivity index (χ3v) is 4.72. The predicted octanol–water partition coefficient (Wildman–Crippen LogP) is 6.07. The average molecular weight is 441 g/mol. The summed E-state index contributed by atoms with van der Waals surface area (Å²) in [5.74, 6) is 0.805. The molecule has 0 saturated carbocycles. The van der Waals surface area contributed by atoms with Gasteiger partial charge < -0.3 is 13.9 Å². The van der Waals surface area contributed by atoms with Crippen molar-refractivity contribution in [3.05, 3.63) is 99.1 Å². The molecule has 0 aliphatic carbocycles. The molecule has 140 valence electrons. The third-order valence-electron chi connectivity index (χ3n) is 4.07. The molecule has 0 N–H and O–H groups in total. The van der Waals surface area contributed by atoms with E-state index in [4.69, 9.17) is 13.9 Å². The van der Waals surface area contributed by atoms with Gasteiger partial charge in [0.05, 0.1) is 9.86 Å². The fraction of sp³-hybridized carbons (Fsp3) is 0.0455. The second-order valence-corrected chi connectivity index (χ2v) is 6.89. The van der Waals surface area contributed by atoms with Crippen LogP contribution in [-0.4, -0.2) is 0 Å². The number of para-hydroxylation sites is 1. The highest BCUT2D eigenvalue weighted by atomic mass is 79.9. The molecule has 4 rings (SSSR count). The second kappa shape index (κ2) is 7.86. The first-order valence-electron chi connectivity index (χ1n) is 8.45. The molecule has 28 heavy (non-hydrogen) atoms. The highest BCUT2D eigenvalue weighted by Gasteiger charge is 2.11. The Labute approximate surface area is 168 Å². The molecule has 4 nitrogen and oxygen atoms in total. The second-order valence-electron chi connectivity index (χ2n) is 6.04. The fourth-order valence-corrected chi connectivity index (χ4v) is 3.06. The van der Waals surface area contributed by atoms with Gasteiger partial charge in [-0.15, -0.1) is 0 Å². The van der Waals surface area contributed by atoms with Gasteiger partial charge in [0.1, 0.15) is 35.8 Å². The molecule has 1 heterocycles. The summed E-state index contributed by atoms with van der Waals surface area (Å²) in [6.45, 7) is 0.205. The molecule has 0 bridgehead atoms. The molecule has 0 unspecified atom stereocenters. The molecule has 0 atom stereocenters. The maximum Gasteiger partial charge on any atom is 0.235 e. The van der Waals surface area contributed by atoms with E-state index in [-0.39, 0.29) is 23.6 Å².